The normalized spacial score (nSPS) is 34.1. The fraction of sp³-hybridized carbons (Fsp3) is 0.667. The first-order valence-corrected chi connectivity index (χ1v) is 11.6. The number of carbonyl (C=O) groups is 1. The molecular formula is C24H32N4O2. The molecule has 6 heterocycles. The molecule has 4 bridgehead atoms. The van der Waals surface area contributed by atoms with E-state index in [0.717, 1.165) is 56.8 Å². The van der Waals surface area contributed by atoms with Gasteiger partial charge in [-0.2, -0.15) is 0 Å². The van der Waals surface area contributed by atoms with Gasteiger partial charge in [0.25, 0.3) is 5.56 Å². The zero-order valence-electron chi connectivity index (χ0n) is 18.1. The molecule has 6 rings (SSSR count). The van der Waals surface area contributed by atoms with Crippen molar-refractivity contribution in [1.29, 1.82) is 0 Å². The number of hydrogen-bond donors (Lipinski definition) is 0. The molecular weight excluding hydrogens is 376 g/mol. The van der Waals surface area contributed by atoms with Crippen molar-refractivity contribution in [3.8, 4) is 0 Å². The van der Waals surface area contributed by atoms with Crippen LogP contribution in [0, 0.1) is 17.8 Å². The second kappa shape index (κ2) is 6.79. The third-order valence-corrected chi connectivity index (χ3v) is 8.15. The minimum atomic E-state index is 0.176. The number of hydrogen-bond acceptors (Lipinski definition) is 4. The maximum Gasteiger partial charge on any atom is 0.258 e. The average molecular weight is 409 g/mol. The molecule has 30 heavy (non-hydrogen) atoms. The molecule has 1 aromatic heterocycles. The van der Waals surface area contributed by atoms with Gasteiger partial charge in [0, 0.05) is 74.5 Å². The number of allylic oxidation sites excluding steroid dienone is 1. The number of likely N-dealkylation sites (N-methyl/N-ethyl adjacent to an activating group) is 1. The largest absolute Gasteiger partial charge is 0.315 e. The van der Waals surface area contributed by atoms with E-state index in [1.807, 2.05) is 0 Å². The second-order valence-electron chi connectivity index (χ2n) is 10.5. The van der Waals surface area contributed by atoms with Crippen molar-refractivity contribution in [2.45, 2.75) is 38.1 Å². The van der Waals surface area contributed by atoms with Crippen LogP contribution in [0.4, 0.5) is 0 Å². The lowest BCUT2D eigenvalue weighted by Gasteiger charge is -2.49. The Kier molecular flexibility index (Phi) is 4.26. The molecule has 0 radical (unpaired) electrons. The van der Waals surface area contributed by atoms with E-state index in [2.05, 4.69) is 45.5 Å². The van der Waals surface area contributed by atoms with Gasteiger partial charge in [0.15, 0.2) is 0 Å². The van der Waals surface area contributed by atoms with Crippen LogP contribution in [0.3, 0.4) is 0 Å². The van der Waals surface area contributed by atoms with Crippen LogP contribution >= 0.6 is 0 Å². The van der Waals surface area contributed by atoms with E-state index < -0.39 is 0 Å². The summed E-state index contributed by atoms with van der Waals surface area (Å²) in [6.07, 6.45) is 3.59. The Morgan fingerprint density at radius 1 is 0.800 bits per heavy atom. The van der Waals surface area contributed by atoms with E-state index in [-0.39, 0.29) is 11.5 Å². The van der Waals surface area contributed by atoms with Gasteiger partial charge in [0.2, 0.25) is 5.91 Å². The zero-order chi connectivity index (χ0) is 20.6. The summed E-state index contributed by atoms with van der Waals surface area (Å²) in [7, 11) is 4.38. The molecule has 6 nitrogen and oxygen atoms in total. The van der Waals surface area contributed by atoms with Crippen molar-refractivity contribution in [2.75, 3.05) is 46.8 Å². The molecule has 0 unspecified atom stereocenters. The lowest BCUT2D eigenvalue weighted by atomic mass is 9.77. The van der Waals surface area contributed by atoms with Crippen LogP contribution in [0.25, 0.3) is 5.57 Å². The van der Waals surface area contributed by atoms with Gasteiger partial charge in [-0.1, -0.05) is 0 Å². The van der Waals surface area contributed by atoms with Gasteiger partial charge in [0.05, 0.1) is 0 Å². The number of fused-ring (bicyclic) bond motifs is 8. The molecule has 0 N–H and O–H groups in total. The Balaban J connectivity index is 1.46. The molecule has 4 atom stereocenters. The molecule has 3 saturated heterocycles. The van der Waals surface area contributed by atoms with Crippen LogP contribution in [0.2, 0.25) is 0 Å². The molecule has 5 aliphatic rings. The van der Waals surface area contributed by atoms with Gasteiger partial charge < -0.3 is 19.3 Å². The number of amides is 1. The summed E-state index contributed by atoms with van der Waals surface area (Å²) in [6.45, 7) is 5.84. The first-order valence-electron chi connectivity index (χ1n) is 11.6. The first-order chi connectivity index (χ1) is 14.5. The van der Waals surface area contributed by atoms with Crippen LogP contribution in [-0.2, 0) is 11.3 Å². The standard InChI is InChI=1S/C24H32N4O2/c1-25-9-15-7-17(13-25)21-5-3-20(24(30)27(21)11-15)19-4-6-22(29)28-12-16-8-18(23(19)28)14-26(2)10-16/h3,5,15-18H,4,6-14H2,1-2H3/t15-,16-,17+,18+/m0/s1. The number of pyridine rings is 1. The van der Waals surface area contributed by atoms with Gasteiger partial charge >= 0.3 is 0 Å². The Hall–Kier alpha value is -1.92. The molecule has 0 spiro atoms. The summed E-state index contributed by atoms with van der Waals surface area (Å²) < 4.78 is 2.08. The van der Waals surface area contributed by atoms with Crippen molar-refractivity contribution in [3.05, 3.63) is 39.4 Å². The first kappa shape index (κ1) is 18.8. The molecule has 0 aliphatic carbocycles. The maximum absolute atomic E-state index is 13.7. The van der Waals surface area contributed by atoms with Crippen molar-refractivity contribution < 1.29 is 4.79 Å². The van der Waals surface area contributed by atoms with Gasteiger partial charge in [-0.25, -0.2) is 0 Å². The number of aromatic nitrogens is 1. The molecule has 3 fully saturated rings. The van der Waals surface area contributed by atoms with Crippen LogP contribution < -0.4 is 5.56 Å². The highest BCUT2D eigenvalue weighted by atomic mass is 16.2. The highest BCUT2D eigenvalue weighted by molar-refractivity contribution is 5.87. The molecule has 6 heteroatoms. The van der Waals surface area contributed by atoms with E-state index in [1.165, 1.54) is 17.8 Å². The lowest BCUT2D eigenvalue weighted by Crippen LogP contribution is -2.53. The molecule has 0 aromatic carbocycles. The van der Waals surface area contributed by atoms with Crippen molar-refractivity contribution in [2.24, 2.45) is 17.8 Å². The molecule has 160 valence electrons. The highest BCUT2D eigenvalue weighted by Gasteiger charge is 2.42. The van der Waals surface area contributed by atoms with Crippen molar-refractivity contribution >= 4 is 11.5 Å². The van der Waals surface area contributed by atoms with Crippen LogP contribution in [0.5, 0.6) is 0 Å². The summed E-state index contributed by atoms with van der Waals surface area (Å²) >= 11 is 0. The van der Waals surface area contributed by atoms with Crippen LogP contribution in [0.1, 0.15) is 42.9 Å². The van der Waals surface area contributed by atoms with Crippen molar-refractivity contribution in [3.63, 3.8) is 0 Å². The summed E-state index contributed by atoms with van der Waals surface area (Å²) in [4.78, 5) is 33.4. The lowest BCUT2D eigenvalue weighted by molar-refractivity contribution is -0.132. The number of nitrogens with zero attached hydrogens (tertiary/aromatic N) is 4. The van der Waals surface area contributed by atoms with E-state index in [0.29, 0.717) is 36.5 Å². The zero-order valence-corrected chi connectivity index (χ0v) is 18.1. The summed E-state index contributed by atoms with van der Waals surface area (Å²) in [5, 5.41) is 0. The quantitative estimate of drug-likeness (QED) is 0.711. The van der Waals surface area contributed by atoms with E-state index >= 15 is 0 Å². The van der Waals surface area contributed by atoms with Gasteiger partial charge in [0.1, 0.15) is 0 Å². The topological polar surface area (TPSA) is 48.8 Å². The Morgan fingerprint density at radius 2 is 1.50 bits per heavy atom. The Bertz CT molecular complexity index is 993. The molecule has 5 aliphatic heterocycles. The summed E-state index contributed by atoms with van der Waals surface area (Å²) in [5.74, 6) is 2.22. The molecule has 1 aromatic rings. The summed E-state index contributed by atoms with van der Waals surface area (Å²) in [6, 6.07) is 4.29. The van der Waals surface area contributed by atoms with Crippen molar-refractivity contribution in [1.82, 2.24) is 19.3 Å². The van der Waals surface area contributed by atoms with Crippen LogP contribution in [0.15, 0.2) is 22.6 Å². The third kappa shape index (κ3) is 2.83. The molecule has 1 amide bonds. The van der Waals surface area contributed by atoms with Gasteiger partial charge in [-0.15, -0.1) is 0 Å². The SMILES string of the molecule is CN1C[C@@H]2C[C@H](C1)C1=C(c3ccc4n(c3=O)C[C@H]3C[C@@H]4CN(C)C3)CCC(=O)N1C2. The maximum atomic E-state index is 13.7. The summed E-state index contributed by atoms with van der Waals surface area (Å²) in [5.41, 5.74) is 4.56. The minimum Gasteiger partial charge on any atom is -0.315 e. The van der Waals surface area contributed by atoms with E-state index in [4.69, 9.17) is 0 Å². The number of rotatable bonds is 1. The fourth-order valence-electron chi connectivity index (χ4n) is 7.18. The smallest absolute Gasteiger partial charge is 0.258 e. The Labute approximate surface area is 178 Å². The number of piperidine rings is 3. The monoisotopic (exact) mass is 408 g/mol. The van der Waals surface area contributed by atoms with Crippen LogP contribution in [-0.4, -0.2) is 72.0 Å². The predicted molar refractivity (Wildman–Crippen MR) is 116 cm³/mol. The second-order valence-corrected chi connectivity index (χ2v) is 10.5. The Morgan fingerprint density at radius 3 is 2.30 bits per heavy atom. The van der Waals surface area contributed by atoms with Gasteiger partial charge in [-0.3, -0.25) is 9.59 Å². The predicted octanol–water partition coefficient (Wildman–Crippen LogP) is 1.81. The van der Waals surface area contributed by atoms with Gasteiger partial charge in [-0.05, 0) is 62.9 Å². The highest BCUT2D eigenvalue weighted by Crippen LogP contribution is 2.43. The average Bonchev–Trinajstić information content (AvgIpc) is 2.69. The minimum absolute atomic E-state index is 0.176. The third-order valence-electron chi connectivity index (χ3n) is 8.15. The van der Waals surface area contributed by atoms with E-state index in [1.54, 1.807) is 0 Å². The molecule has 0 saturated carbocycles. The number of likely N-dealkylation sites (tertiary alicyclic amines) is 2. The fourth-order valence-corrected chi connectivity index (χ4v) is 7.18. The number of carbonyl (C=O) groups excluding carboxylic acids is 1. The van der Waals surface area contributed by atoms with E-state index in [9.17, 15) is 9.59 Å².